The minimum Gasteiger partial charge on any atom is -0.378 e. The van der Waals surface area contributed by atoms with Crippen molar-refractivity contribution in [2.75, 3.05) is 6.61 Å². The Bertz CT molecular complexity index is 123. The van der Waals surface area contributed by atoms with Gasteiger partial charge in [-0.25, -0.2) is 0 Å². The molecule has 1 heteroatoms. The van der Waals surface area contributed by atoms with Crippen LogP contribution in [0.2, 0.25) is 0 Å². The largest absolute Gasteiger partial charge is 0.378 e. The highest BCUT2D eigenvalue weighted by Gasteiger charge is 2.08. The van der Waals surface area contributed by atoms with Crippen LogP contribution in [0.1, 0.15) is 72.6 Å². The van der Waals surface area contributed by atoms with Crippen molar-refractivity contribution >= 4 is 0 Å². The molecule has 0 heterocycles. The maximum atomic E-state index is 5.89. The second-order valence-electron chi connectivity index (χ2n) is 4.70. The second kappa shape index (κ2) is 10.5. The quantitative estimate of drug-likeness (QED) is 0.507. The van der Waals surface area contributed by atoms with Gasteiger partial charge in [-0.3, -0.25) is 0 Å². The molecule has 0 bridgehead atoms. The van der Waals surface area contributed by atoms with E-state index in [1.54, 1.807) is 0 Å². The minimum atomic E-state index is 0.459. The Balaban J connectivity index is 3.50. The molecular weight excluding hydrogens is 184 g/mol. The fourth-order valence-corrected chi connectivity index (χ4v) is 1.77. The van der Waals surface area contributed by atoms with Gasteiger partial charge >= 0.3 is 0 Å². The third kappa shape index (κ3) is 8.92. The molecule has 0 radical (unpaired) electrons. The summed E-state index contributed by atoms with van der Waals surface area (Å²) in [4.78, 5) is 0. The molecule has 0 aliphatic rings. The second-order valence-corrected chi connectivity index (χ2v) is 4.70. The third-order valence-corrected chi connectivity index (χ3v) is 3.12. The van der Waals surface area contributed by atoms with Crippen molar-refractivity contribution in [2.45, 2.75) is 78.7 Å². The zero-order valence-electron chi connectivity index (χ0n) is 11.2. The van der Waals surface area contributed by atoms with E-state index in [1.807, 2.05) is 0 Å². The zero-order valence-corrected chi connectivity index (χ0v) is 11.2. The lowest BCUT2D eigenvalue weighted by Gasteiger charge is -2.18. The van der Waals surface area contributed by atoms with Gasteiger partial charge in [-0.2, -0.15) is 0 Å². The molecular formula is C14H30O. The number of ether oxygens (including phenoxy) is 1. The van der Waals surface area contributed by atoms with Gasteiger partial charge in [-0.05, 0) is 25.7 Å². The van der Waals surface area contributed by atoms with Gasteiger partial charge in [-0.15, -0.1) is 0 Å². The van der Waals surface area contributed by atoms with Crippen molar-refractivity contribution in [3.8, 4) is 0 Å². The summed E-state index contributed by atoms with van der Waals surface area (Å²) in [5, 5.41) is 0. The summed E-state index contributed by atoms with van der Waals surface area (Å²) in [5.74, 6) is 0.786. The first-order valence-electron chi connectivity index (χ1n) is 6.86. The van der Waals surface area contributed by atoms with Crippen molar-refractivity contribution in [3.05, 3.63) is 0 Å². The first-order chi connectivity index (χ1) is 7.24. The van der Waals surface area contributed by atoms with Crippen molar-refractivity contribution in [2.24, 2.45) is 5.92 Å². The van der Waals surface area contributed by atoms with Crippen molar-refractivity contribution in [3.63, 3.8) is 0 Å². The molecule has 0 spiro atoms. The number of unbranched alkanes of at least 4 members (excludes halogenated alkanes) is 2. The topological polar surface area (TPSA) is 9.23 Å². The fraction of sp³-hybridized carbons (Fsp3) is 1.00. The molecule has 0 fully saturated rings. The predicted octanol–water partition coefficient (Wildman–Crippen LogP) is 4.80. The van der Waals surface area contributed by atoms with E-state index in [-0.39, 0.29) is 0 Å². The molecule has 0 aromatic rings. The first-order valence-corrected chi connectivity index (χ1v) is 6.86. The molecule has 0 aliphatic heterocycles. The summed E-state index contributed by atoms with van der Waals surface area (Å²) in [6.07, 6.45) is 9.52. The van der Waals surface area contributed by atoms with Crippen molar-refractivity contribution in [1.82, 2.24) is 0 Å². The minimum absolute atomic E-state index is 0.459. The van der Waals surface area contributed by atoms with E-state index in [4.69, 9.17) is 4.74 Å². The normalized spacial score (nSPS) is 15.2. The van der Waals surface area contributed by atoms with Crippen LogP contribution < -0.4 is 0 Å². The lowest BCUT2D eigenvalue weighted by molar-refractivity contribution is 0.0308. The predicted molar refractivity (Wildman–Crippen MR) is 68.2 cm³/mol. The van der Waals surface area contributed by atoms with Gasteiger partial charge < -0.3 is 4.74 Å². The Hall–Kier alpha value is -0.0400. The third-order valence-electron chi connectivity index (χ3n) is 3.12. The maximum absolute atomic E-state index is 5.89. The molecule has 2 atom stereocenters. The summed E-state index contributed by atoms with van der Waals surface area (Å²) in [6.45, 7) is 9.96. The Morgan fingerprint density at radius 2 is 1.53 bits per heavy atom. The monoisotopic (exact) mass is 214 g/mol. The molecule has 0 aromatic heterocycles. The van der Waals surface area contributed by atoms with Crippen LogP contribution in [0.15, 0.2) is 0 Å². The maximum Gasteiger partial charge on any atom is 0.0547 e. The first kappa shape index (κ1) is 15.0. The molecule has 0 aliphatic carbocycles. The van der Waals surface area contributed by atoms with Gasteiger partial charge in [0.2, 0.25) is 0 Å². The van der Waals surface area contributed by atoms with Gasteiger partial charge in [0.25, 0.3) is 0 Å². The summed E-state index contributed by atoms with van der Waals surface area (Å²) >= 11 is 0. The van der Waals surface area contributed by atoms with Gasteiger partial charge in [-0.1, -0.05) is 52.9 Å². The van der Waals surface area contributed by atoms with Gasteiger partial charge in [0.15, 0.2) is 0 Å². The van der Waals surface area contributed by atoms with Crippen LogP contribution >= 0.6 is 0 Å². The zero-order chi connectivity index (χ0) is 11.5. The molecule has 0 amide bonds. The Morgan fingerprint density at radius 1 is 0.933 bits per heavy atom. The van der Waals surface area contributed by atoms with E-state index >= 15 is 0 Å². The van der Waals surface area contributed by atoms with Crippen LogP contribution in [0.5, 0.6) is 0 Å². The van der Waals surface area contributed by atoms with Crippen LogP contribution in [-0.4, -0.2) is 12.7 Å². The molecule has 2 unspecified atom stereocenters. The summed E-state index contributed by atoms with van der Waals surface area (Å²) in [7, 11) is 0. The Labute approximate surface area is 96.6 Å². The molecule has 15 heavy (non-hydrogen) atoms. The van der Waals surface area contributed by atoms with Crippen LogP contribution in [-0.2, 0) is 4.74 Å². The molecule has 92 valence electrons. The van der Waals surface area contributed by atoms with E-state index < -0.39 is 0 Å². The number of hydrogen-bond donors (Lipinski definition) is 0. The van der Waals surface area contributed by atoms with E-state index in [1.165, 1.54) is 44.9 Å². The highest BCUT2D eigenvalue weighted by atomic mass is 16.5. The Kier molecular flexibility index (Phi) is 10.4. The SMILES string of the molecule is CCCCC(CC)COC(C)CCCC. The lowest BCUT2D eigenvalue weighted by atomic mass is 10.0. The molecule has 0 saturated heterocycles. The molecule has 0 N–H and O–H groups in total. The summed E-state index contributed by atoms with van der Waals surface area (Å²) in [6, 6.07) is 0. The highest BCUT2D eigenvalue weighted by Crippen LogP contribution is 2.14. The summed E-state index contributed by atoms with van der Waals surface area (Å²) < 4.78 is 5.89. The van der Waals surface area contributed by atoms with Gasteiger partial charge in [0.1, 0.15) is 0 Å². The van der Waals surface area contributed by atoms with E-state index in [0.29, 0.717) is 6.10 Å². The molecule has 0 rings (SSSR count). The smallest absolute Gasteiger partial charge is 0.0547 e. The number of rotatable bonds is 10. The standard InChI is InChI=1S/C14H30O/c1-5-8-10-13(4)15-12-14(7-3)11-9-6-2/h13-14H,5-12H2,1-4H3. The Morgan fingerprint density at radius 3 is 2.07 bits per heavy atom. The molecule has 0 saturated carbocycles. The van der Waals surface area contributed by atoms with Crippen LogP contribution in [0.4, 0.5) is 0 Å². The average molecular weight is 214 g/mol. The van der Waals surface area contributed by atoms with Gasteiger partial charge in [0.05, 0.1) is 6.10 Å². The van der Waals surface area contributed by atoms with E-state index in [9.17, 15) is 0 Å². The van der Waals surface area contributed by atoms with Crippen molar-refractivity contribution < 1.29 is 4.74 Å². The van der Waals surface area contributed by atoms with Gasteiger partial charge in [0, 0.05) is 6.61 Å². The average Bonchev–Trinajstić information content (AvgIpc) is 2.26. The molecule has 0 aromatic carbocycles. The lowest BCUT2D eigenvalue weighted by Crippen LogP contribution is -2.15. The molecule has 1 nitrogen and oxygen atoms in total. The fourth-order valence-electron chi connectivity index (χ4n) is 1.77. The van der Waals surface area contributed by atoms with Crippen LogP contribution in [0, 0.1) is 5.92 Å². The van der Waals surface area contributed by atoms with E-state index in [0.717, 1.165) is 12.5 Å². The van der Waals surface area contributed by atoms with Crippen molar-refractivity contribution in [1.29, 1.82) is 0 Å². The number of hydrogen-bond acceptors (Lipinski definition) is 1. The van der Waals surface area contributed by atoms with E-state index in [2.05, 4.69) is 27.7 Å². The van der Waals surface area contributed by atoms with Crippen LogP contribution in [0.25, 0.3) is 0 Å². The van der Waals surface area contributed by atoms with Crippen LogP contribution in [0.3, 0.4) is 0 Å². The summed E-state index contributed by atoms with van der Waals surface area (Å²) in [5.41, 5.74) is 0. The highest BCUT2D eigenvalue weighted by molar-refractivity contribution is 4.58.